The number of hydrogen-bond donors (Lipinski definition) is 14. The van der Waals surface area contributed by atoms with E-state index in [-0.39, 0.29) is 50.4 Å². The Morgan fingerprint density at radius 1 is 0.671 bits per heavy atom. The van der Waals surface area contributed by atoms with Crippen LogP contribution >= 0.6 is 0 Å². The van der Waals surface area contributed by atoms with Crippen LogP contribution in [0.3, 0.4) is 0 Å². The molecular formula is C47H75N11O15. The predicted octanol–water partition coefficient (Wildman–Crippen LogP) is -3.30. The van der Waals surface area contributed by atoms with Crippen LogP contribution in [0.5, 0.6) is 5.75 Å². The van der Waals surface area contributed by atoms with Gasteiger partial charge >= 0.3 is 11.9 Å². The second-order valence-electron chi connectivity index (χ2n) is 18.5. The first-order valence-corrected chi connectivity index (χ1v) is 24.4. The van der Waals surface area contributed by atoms with Crippen molar-refractivity contribution in [1.29, 1.82) is 0 Å². The Bertz CT molecular complexity index is 2090. The van der Waals surface area contributed by atoms with Gasteiger partial charge in [0.2, 0.25) is 53.2 Å². The first kappa shape index (κ1) is 62.2. The summed E-state index contributed by atoms with van der Waals surface area (Å²) in [5, 5.41) is 55.8. The molecule has 26 nitrogen and oxygen atoms in total. The SMILES string of the molecule is CC[C@H](C)[C@H](NC(=O)[C@@H]1CCCN1C(=O)[C@@H](NC(=O)[C@H](C)N)C(C)C)C(=O)N[C@@H](Cc1ccc(O)cc1)C(=O)N[C@@H](CCC(N)=O)C(=O)N[C@@H](CCCCN)C(=O)N[C@@H](CO)C(=O)N[C@@H](CCC(=O)O)C(=O)O. The number of nitrogens with zero attached hydrogens (tertiary/aromatic N) is 1. The molecule has 1 heterocycles. The Labute approximate surface area is 423 Å². The van der Waals surface area contributed by atoms with Gasteiger partial charge in [0.15, 0.2) is 0 Å². The smallest absolute Gasteiger partial charge is 0.326 e. The molecule has 10 atom stereocenters. The number of carbonyl (C=O) groups is 11. The molecule has 26 heteroatoms. The monoisotopic (exact) mass is 1030 g/mol. The van der Waals surface area contributed by atoms with Crippen molar-refractivity contribution in [3.05, 3.63) is 29.8 Å². The van der Waals surface area contributed by atoms with Crippen LogP contribution in [0.4, 0.5) is 0 Å². The van der Waals surface area contributed by atoms with E-state index in [1.807, 2.05) is 0 Å². The lowest BCUT2D eigenvalue weighted by Crippen LogP contribution is -2.61. The van der Waals surface area contributed by atoms with Gasteiger partial charge in [-0.1, -0.05) is 46.2 Å². The second-order valence-corrected chi connectivity index (χ2v) is 18.5. The number of unbranched alkanes of at least 4 members (excludes halogenated alkanes) is 1. The van der Waals surface area contributed by atoms with Crippen LogP contribution in [0.1, 0.15) is 104 Å². The molecule has 0 spiro atoms. The molecule has 0 unspecified atom stereocenters. The fourth-order valence-electron chi connectivity index (χ4n) is 7.70. The van der Waals surface area contributed by atoms with Crippen LogP contribution in [0.2, 0.25) is 0 Å². The lowest BCUT2D eigenvalue weighted by molar-refractivity contribution is -0.144. The van der Waals surface area contributed by atoms with Gasteiger partial charge in [-0.25, -0.2) is 4.79 Å². The minimum Gasteiger partial charge on any atom is -0.508 e. The van der Waals surface area contributed by atoms with Gasteiger partial charge in [-0.15, -0.1) is 0 Å². The first-order valence-electron chi connectivity index (χ1n) is 24.4. The van der Waals surface area contributed by atoms with Crippen molar-refractivity contribution in [2.75, 3.05) is 19.7 Å². The number of nitrogens with two attached hydrogens (primary N) is 3. The highest BCUT2D eigenvalue weighted by molar-refractivity contribution is 5.98. The molecule has 408 valence electrons. The molecule has 9 amide bonds. The number of primary amides is 1. The van der Waals surface area contributed by atoms with Gasteiger partial charge in [0, 0.05) is 25.8 Å². The number of benzene rings is 1. The molecule has 1 aliphatic rings. The number of carbonyl (C=O) groups excluding carboxylic acids is 9. The summed E-state index contributed by atoms with van der Waals surface area (Å²) in [7, 11) is 0. The topological polar surface area (TPSA) is 434 Å². The molecule has 0 bridgehead atoms. The fourth-order valence-corrected chi connectivity index (χ4v) is 7.70. The fraction of sp³-hybridized carbons (Fsp3) is 0.638. The van der Waals surface area contributed by atoms with Crippen LogP contribution in [-0.4, -0.2) is 165 Å². The zero-order valence-corrected chi connectivity index (χ0v) is 42.0. The van der Waals surface area contributed by atoms with Crippen molar-refractivity contribution >= 4 is 65.1 Å². The van der Waals surface area contributed by atoms with Gasteiger partial charge in [-0.3, -0.25) is 47.9 Å². The van der Waals surface area contributed by atoms with Gasteiger partial charge < -0.3 is 79.7 Å². The number of nitrogens with one attached hydrogen (secondary N) is 7. The average Bonchev–Trinajstić information content (AvgIpc) is 3.83. The average molecular weight is 1030 g/mol. The molecule has 1 saturated heterocycles. The van der Waals surface area contributed by atoms with E-state index in [4.69, 9.17) is 22.3 Å². The Morgan fingerprint density at radius 3 is 1.73 bits per heavy atom. The van der Waals surface area contributed by atoms with Crippen molar-refractivity contribution in [2.24, 2.45) is 29.0 Å². The molecule has 1 aliphatic heterocycles. The zero-order chi connectivity index (χ0) is 55.1. The third-order valence-electron chi connectivity index (χ3n) is 12.3. The number of aromatic hydroxyl groups is 1. The van der Waals surface area contributed by atoms with Crippen molar-refractivity contribution in [3.63, 3.8) is 0 Å². The molecule has 73 heavy (non-hydrogen) atoms. The highest BCUT2D eigenvalue weighted by Crippen LogP contribution is 2.22. The highest BCUT2D eigenvalue weighted by atomic mass is 16.4. The molecule has 17 N–H and O–H groups in total. The predicted molar refractivity (Wildman–Crippen MR) is 261 cm³/mol. The normalized spacial score (nSPS) is 16.9. The lowest BCUT2D eigenvalue weighted by Gasteiger charge is -2.32. The van der Waals surface area contributed by atoms with Crippen molar-refractivity contribution in [3.8, 4) is 5.75 Å². The first-order chi connectivity index (χ1) is 34.3. The Morgan fingerprint density at radius 2 is 1.21 bits per heavy atom. The molecule has 0 radical (unpaired) electrons. The van der Waals surface area contributed by atoms with E-state index >= 15 is 0 Å². The molecule has 1 aromatic carbocycles. The lowest BCUT2D eigenvalue weighted by atomic mass is 9.96. The van der Waals surface area contributed by atoms with Crippen LogP contribution in [0.25, 0.3) is 0 Å². The van der Waals surface area contributed by atoms with Crippen molar-refractivity contribution in [2.45, 2.75) is 160 Å². The quantitative estimate of drug-likeness (QED) is 0.0315. The number of phenols is 1. The summed E-state index contributed by atoms with van der Waals surface area (Å²) < 4.78 is 0. The van der Waals surface area contributed by atoms with Crippen molar-refractivity contribution in [1.82, 2.24) is 42.1 Å². The standard InChI is InChI=1S/C47H75N11O15/c1-6-25(4)38(57-44(69)34-11-9-21-58(34)46(71)37(24(2)3)56-39(64)26(5)49)45(70)54-32(22-27-12-14-28(60)15-13-27)42(67)52-30(16-18-35(50)61)41(66)51-29(10-7-8-20-48)40(65)55-33(23-59)43(68)53-31(47(72)73)17-19-36(62)63/h12-15,24-26,29-34,37-38,59-60H,6-11,16-23,48-49H2,1-5H3,(H2,50,61)(H,51,66)(H,52,67)(H,53,68)(H,54,70)(H,55,65)(H,56,64)(H,57,69)(H,62,63)(H,72,73)/t25-,26-,29-,30-,31-,32-,33-,34-,37-,38-/m0/s1. The molecule has 0 saturated carbocycles. The molecule has 0 aromatic heterocycles. The summed E-state index contributed by atoms with van der Waals surface area (Å²) in [6.45, 7) is 7.70. The van der Waals surface area contributed by atoms with E-state index in [1.54, 1.807) is 27.7 Å². The van der Waals surface area contributed by atoms with E-state index in [9.17, 15) is 68.1 Å². The summed E-state index contributed by atoms with van der Waals surface area (Å²) in [6.07, 6.45) is -0.753. The third kappa shape index (κ3) is 20.6. The number of aliphatic carboxylic acids is 2. The van der Waals surface area contributed by atoms with E-state index in [0.29, 0.717) is 24.8 Å². The number of hydrogen-bond acceptors (Lipinski definition) is 15. The summed E-state index contributed by atoms with van der Waals surface area (Å²) in [5.41, 5.74) is 17.2. The van der Waals surface area contributed by atoms with Gasteiger partial charge in [0.1, 0.15) is 54.1 Å². The Kier molecular flexibility index (Phi) is 26.3. The summed E-state index contributed by atoms with van der Waals surface area (Å²) in [5.74, 6) is -11.6. The van der Waals surface area contributed by atoms with Crippen LogP contribution in [-0.2, 0) is 59.2 Å². The number of likely N-dealkylation sites (tertiary alicyclic amines) is 1. The number of aliphatic hydroxyl groups excluding tert-OH is 1. The summed E-state index contributed by atoms with van der Waals surface area (Å²) in [6, 6.07) is -6.66. The van der Waals surface area contributed by atoms with Crippen LogP contribution in [0.15, 0.2) is 24.3 Å². The zero-order valence-electron chi connectivity index (χ0n) is 42.0. The molecule has 1 aromatic rings. The van der Waals surface area contributed by atoms with Gasteiger partial charge in [-0.2, -0.15) is 0 Å². The maximum atomic E-state index is 14.4. The second kappa shape index (κ2) is 30.8. The van der Waals surface area contributed by atoms with E-state index in [2.05, 4.69) is 37.2 Å². The number of aliphatic hydroxyl groups is 1. The number of amides is 9. The van der Waals surface area contributed by atoms with Gasteiger partial charge in [0.25, 0.3) is 0 Å². The number of carboxylic acid groups (broad SMARTS) is 2. The molecular weight excluding hydrogens is 959 g/mol. The minimum atomic E-state index is -1.77. The minimum absolute atomic E-state index is 0.108. The Hall–Kier alpha value is -6.93. The van der Waals surface area contributed by atoms with Crippen LogP contribution < -0.4 is 54.4 Å². The molecule has 0 aliphatic carbocycles. The number of rotatable bonds is 32. The van der Waals surface area contributed by atoms with E-state index in [0.717, 1.165) is 0 Å². The number of phenolic OH excluding ortho intramolecular Hbond substituents is 1. The van der Waals surface area contributed by atoms with Gasteiger partial charge in [-0.05, 0) is 87.9 Å². The third-order valence-corrected chi connectivity index (χ3v) is 12.3. The van der Waals surface area contributed by atoms with E-state index < -0.39 is 158 Å². The maximum Gasteiger partial charge on any atom is 0.326 e. The van der Waals surface area contributed by atoms with Crippen LogP contribution in [0, 0.1) is 11.8 Å². The van der Waals surface area contributed by atoms with Crippen molar-refractivity contribution < 1.29 is 73.2 Å². The molecule has 2 rings (SSSR count). The Balaban J connectivity index is 2.47. The summed E-state index contributed by atoms with van der Waals surface area (Å²) in [4.78, 5) is 146. The largest absolute Gasteiger partial charge is 0.508 e. The number of carboxylic acids is 2. The maximum absolute atomic E-state index is 14.4. The van der Waals surface area contributed by atoms with E-state index in [1.165, 1.54) is 36.1 Å². The highest BCUT2D eigenvalue weighted by Gasteiger charge is 2.41. The summed E-state index contributed by atoms with van der Waals surface area (Å²) >= 11 is 0. The van der Waals surface area contributed by atoms with Gasteiger partial charge in [0.05, 0.1) is 12.6 Å². The molecule has 1 fully saturated rings.